The van der Waals surface area contributed by atoms with Crippen LogP contribution in [0.3, 0.4) is 0 Å². The zero-order valence-electron chi connectivity index (χ0n) is 9.69. The minimum absolute atomic E-state index is 0.685. The van der Waals surface area contributed by atoms with Crippen molar-refractivity contribution in [3.05, 3.63) is 42.1 Å². The molecule has 1 heteroatoms. The summed E-state index contributed by atoms with van der Waals surface area (Å²) in [4.78, 5) is 4.81. The normalized spacial score (nSPS) is 25.1. The SMILES string of the molecule is C[C@@H]1CCC[C@H]1c1ccc2ccccc2n1. The number of benzene rings is 1. The Balaban J connectivity index is 2.04. The summed E-state index contributed by atoms with van der Waals surface area (Å²) in [6.45, 7) is 2.36. The quantitative estimate of drug-likeness (QED) is 0.691. The van der Waals surface area contributed by atoms with Crippen LogP contribution in [0.2, 0.25) is 0 Å². The summed E-state index contributed by atoms with van der Waals surface area (Å²) in [5, 5.41) is 1.25. The van der Waals surface area contributed by atoms with Crippen molar-refractivity contribution in [2.24, 2.45) is 5.92 Å². The van der Waals surface area contributed by atoms with Crippen molar-refractivity contribution in [3.8, 4) is 0 Å². The van der Waals surface area contributed by atoms with Gasteiger partial charge in [-0.1, -0.05) is 44.0 Å². The van der Waals surface area contributed by atoms with Gasteiger partial charge in [-0.05, 0) is 24.5 Å². The predicted octanol–water partition coefficient (Wildman–Crippen LogP) is 4.14. The lowest BCUT2D eigenvalue weighted by molar-refractivity contribution is 0.524. The molecule has 1 aliphatic carbocycles. The predicted molar refractivity (Wildman–Crippen MR) is 67.5 cm³/mol. The molecule has 1 aliphatic rings. The molecule has 1 aromatic carbocycles. The Labute approximate surface area is 96.5 Å². The monoisotopic (exact) mass is 211 g/mol. The number of rotatable bonds is 1. The Morgan fingerprint density at radius 1 is 1.06 bits per heavy atom. The Hall–Kier alpha value is -1.37. The first-order chi connectivity index (χ1) is 7.84. The minimum Gasteiger partial charge on any atom is -0.253 e. The van der Waals surface area contributed by atoms with Crippen LogP contribution in [0.1, 0.15) is 37.8 Å². The van der Waals surface area contributed by atoms with E-state index in [1.807, 2.05) is 0 Å². The molecule has 3 rings (SSSR count). The molecule has 0 spiro atoms. The number of fused-ring (bicyclic) bond motifs is 1. The van der Waals surface area contributed by atoms with Gasteiger partial charge in [0.25, 0.3) is 0 Å². The smallest absolute Gasteiger partial charge is 0.0705 e. The van der Waals surface area contributed by atoms with Crippen LogP contribution in [0.25, 0.3) is 10.9 Å². The van der Waals surface area contributed by atoms with E-state index < -0.39 is 0 Å². The third-order valence-electron chi connectivity index (χ3n) is 3.86. The van der Waals surface area contributed by atoms with Gasteiger partial charge < -0.3 is 0 Å². The van der Waals surface area contributed by atoms with Crippen LogP contribution in [-0.2, 0) is 0 Å². The number of pyridine rings is 1. The van der Waals surface area contributed by atoms with Crippen molar-refractivity contribution in [3.63, 3.8) is 0 Å². The van der Waals surface area contributed by atoms with Gasteiger partial charge in [-0.25, -0.2) is 0 Å². The van der Waals surface area contributed by atoms with Gasteiger partial charge in [-0.15, -0.1) is 0 Å². The van der Waals surface area contributed by atoms with E-state index in [1.54, 1.807) is 0 Å². The largest absolute Gasteiger partial charge is 0.253 e. The average Bonchev–Trinajstić information content (AvgIpc) is 2.75. The number of aromatic nitrogens is 1. The van der Waals surface area contributed by atoms with E-state index in [1.165, 1.54) is 30.3 Å². The molecular weight excluding hydrogens is 194 g/mol. The Bertz CT molecular complexity index is 504. The van der Waals surface area contributed by atoms with Crippen LogP contribution >= 0.6 is 0 Å². The molecule has 0 bridgehead atoms. The fourth-order valence-corrected chi connectivity index (χ4v) is 2.87. The third kappa shape index (κ3) is 1.60. The molecule has 1 heterocycles. The number of hydrogen-bond donors (Lipinski definition) is 0. The van der Waals surface area contributed by atoms with Crippen LogP contribution in [0.15, 0.2) is 36.4 Å². The van der Waals surface area contributed by atoms with Crippen LogP contribution < -0.4 is 0 Å². The van der Waals surface area contributed by atoms with Crippen molar-refractivity contribution < 1.29 is 0 Å². The number of para-hydroxylation sites is 1. The molecule has 0 N–H and O–H groups in total. The summed E-state index contributed by atoms with van der Waals surface area (Å²) in [5.74, 6) is 1.48. The number of nitrogens with zero attached hydrogens (tertiary/aromatic N) is 1. The van der Waals surface area contributed by atoms with Gasteiger partial charge in [0, 0.05) is 17.0 Å². The Kier molecular flexibility index (Phi) is 2.39. The fourth-order valence-electron chi connectivity index (χ4n) is 2.87. The molecule has 0 amide bonds. The summed E-state index contributed by atoms with van der Waals surface area (Å²) < 4.78 is 0. The van der Waals surface area contributed by atoms with Gasteiger partial charge in [-0.3, -0.25) is 4.98 Å². The molecule has 82 valence electrons. The first-order valence-electron chi connectivity index (χ1n) is 6.20. The molecule has 1 nitrogen and oxygen atoms in total. The van der Waals surface area contributed by atoms with Gasteiger partial charge in [0.05, 0.1) is 5.52 Å². The standard InChI is InChI=1S/C15H17N/c1-11-5-4-7-13(11)15-10-9-12-6-2-3-8-14(12)16-15/h2-3,6,8-11,13H,4-5,7H2,1H3/t11-,13-/m1/s1. The van der Waals surface area contributed by atoms with E-state index in [4.69, 9.17) is 4.98 Å². The highest BCUT2D eigenvalue weighted by atomic mass is 14.7. The van der Waals surface area contributed by atoms with E-state index in [0.29, 0.717) is 5.92 Å². The van der Waals surface area contributed by atoms with Crippen LogP contribution in [0.5, 0.6) is 0 Å². The molecule has 0 unspecified atom stereocenters. The van der Waals surface area contributed by atoms with E-state index in [9.17, 15) is 0 Å². The second-order valence-electron chi connectivity index (χ2n) is 4.94. The molecule has 2 aromatic rings. The molecule has 16 heavy (non-hydrogen) atoms. The summed E-state index contributed by atoms with van der Waals surface area (Å²) in [6.07, 6.45) is 4.03. The molecule has 1 saturated carbocycles. The van der Waals surface area contributed by atoms with Gasteiger partial charge in [-0.2, -0.15) is 0 Å². The average molecular weight is 211 g/mol. The number of hydrogen-bond acceptors (Lipinski definition) is 1. The maximum Gasteiger partial charge on any atom is 0.0705 e. The van der Waals surface area contributed by atoms with Crippen molar-refractivity contribution in [2.75, 3.05) is 0 Å². The van der Waals surface area contributed by atoms with Crippen LogP contribution in [-0.4, -0.2) is 4.98 Å². The lowest BCUT2D eigenvalue weighted by Gasteiger charge is -2.14. The Morgan fingerprint density at radius 3 is 2.75 bits per heavy atom. The van der Waals surface area contributed by atoms with E-state index in [0.717, 1.165) is 11.4 Å². The molecule has 2 atom stereocenters. The molecular formula is C15H17N. The molecule has 1 fully saturated rings. The second kappa shape index (κ2) is 3.89. The topological polar surface area (TPSA) is 12.9 Å². The summed E-state index contributed by atoms with van der Waals surface area (Å²) >= 11 is 0. The molecule has 0 saturated heterocycles. The van der Waals surface area contributed by atoms with Crippen molar-refractivity contribution >= 4 is 10.9 Å². The third-order valence-corrected chi connectivity index (χ3v) is 3.86. The Morgan fingerprint density at radius 2 is 1.94 bits per heavy atom. The van der Waals surface area contributed by atoms with Crippen molar-refractivity contribution in [1.82, 2.24) is 4.98 Å². The zero-order valence-corrected chi connectivity index (χ0v) is 9.69. The highest BCUT2D eigenvalue weighted by molar-refractivity contribution is 5.78. The second-order valence-corrected chi connectivity index (χ2v) is 4.94. The van der Waals surface area contributed by atoms with Gasteiger partial charge in [0.1, 0.15) is 0 Å². The van der Waals surface area contributed by atoms with E-state index in [-0.39, 0.29) is 0 Å². The van der Waals surface area contributed by atoms with Crippen molar-refractivity contribution in [2.45, 2.75) is 32.1 Å². The van der Waals surface area contributed by atoms with Crippen molar-refractivity contribution in [1.29, 1.82) is 0 Å². The van der Waals surface area contributed by atoms with Gasteiger partial charge in [0.2, 0.25) is 0 Å². The first-order valence-corrected chi connectivity index (χ1v) is 6.20. The van der Waals surface area contributed by atoms with Crippen LogP contribution in [0.4, 0.5) is 0 Å². The zero-order chi connectivity index (χ0) is 11.0. The maximum atomic E-state index is 4.81. The minimum atomic E-state index is 0.685. The van der Waals surface area contributed by atoms with E-state index >= 15 is 0 Å². The van der Waals surface area contributed by atoms with E-state index in [2.05, 4.69) is 43.3 Å². The lowest BCUT2D eigenvalue weighted by atomic mass is 9.94. The fraction of sp³-hybridized carbons (Fsp3) is 0.400. The van der Waals surface area contributed by atoms with Crippen LogP contribution in [0, 0.1) is 5.92 Å². The highest BCUT2D eigenvalue weighted by Gasteiger charge is 2.25. The maximum absolute atomic E-state index is 4.81. The summed E-state index contributed by atoms with van der Waals surface area (Å²) in [6, 6.07) is 12.8. The molecule has 0 aliphatic heterocycles. The highest BCUT2D eigenvalue weighted by Crippen LogP contribution is 2.38. The van der Waals surface area contributed by atoms with Gasteiger partial charge >= 0.3 is 0 Å². The molecule has 0 radical (unpaired) electrons. The lowest BCUT2D eigenvalue weighted by Crippen LogP contribution is -2.04. The summed E-state index contributed by atoms with van der Waals surface area (Å²) in [5.41, 5.74) is 2.43. The van der Waals surface area contributed by atoms with Gasteiger partial charge in [0.15, 0.2) is 0 Å². The molecule has 1 aromatic heterocycles. The summed E-state index contributed by atoms with van der Waals surface area (Å²) in [7, 11) is 0. The first kappa shape index (κ1) is 9.83.